The van der Waals surface area contributed by atoms with E-state index < -0.39 is 0 Å². The van der Waals surface area contributed by atoms with E-state index in [0.29, 0.717) is 10.7 Å². The molecular formula is C21H24ClN3O2. The molecule has 6 heteroatoms. The van der Waals surface area contributed by atoms with E-state index in [1.165, 1.54) is 0 Å². The summed E-state index contributed by atoms with van der Waals surface area (Å²) < 4.78 is 5.41. The van der Waals surface area contributed by atoms with Gasteiger partial charge >= 0.3 is 0 Å². The molecule has 0 saturated carbocycles. The number of fused-ring (bicyclic) bond motifs is 1. The van der Waals surface area contributed by atoms with E-state index in [9.17, 15) is 4.79 Å². The maximum absolute atomic E-state index is 13.0. The third-order valence-electron chi connectivity index (χ3n) is 5.45. The first-order valence-corrected chi connectivity index (χ1v) is 9.75. The second-order valence-corrected chi connectivity index (χ2v) is 7.55. The van der Waals surface area contributed by atoms with Gasteiger partial charge in [0.05, 0.1) is 25.2 Å². The van der Waals surface area contributed by atoms with Crippen LogP contribution in [0.5, 0.6) is 0 Å². The fraction of sp³-hybridized carbons (Fsp3) is 0.381. The molecule has 2 aliphatic rings. The van der Waals surface area contributed by atoms with E-state index in [1.54, 1.807) is 12.1 Å². The molecule has 2 heterocycles. The lowest BCUT2D eigenvalue weighted by atomic mass is 9.82. The highest BCUT2D eigenvalue weighted by Crippen LogP contribution is 2.39. The molecule has 0 aliphatic carbocycles. The Morgan fingerprint density at radius 1 is 1.11 bits per heavy atom. The Morgan fingerprint density at radius 2 is 1.85 bits per heavy atom. The summed E-state index contributed by atoms with van der Waals surface area (Å²) in [5, 5.41) is 3.78. The Kier molecular flexibility index (Phi) is 5.34. The quantitative estimate of drug-likeness (QED) is 0.794. The van der Waals surface area contributed by atoms with Crippen LogP contribution in [0.2, 0.25) is 5.02 Å². The number of carbonyl (C=O) groups excluding carboxylic acids is 1. The van der Waals surface area contributed by atoms with Crippen molar-refractivity contribution in [3.05, 3.63) is 64.2 Å². The molecular weight excluding hydrogens is 362 g/mol. The van der Waals surface area contributed by atoms with Gasteiger partial charge in [0.2, 0.25) is 5.91 Å². The normalized spacial score (nSPS) is 22.9. The minimum Gasteiger partial charge on any atom is -0.399 e. The molecule has 0 aromatic heterocycles. The lowest BCUT2D eigenvalue weighted by molar-refractivity contribution is -0.124. The van der Waals surface area contributed by atoms with Crippen molar-refractivity contribution in [2.24, 2.45) is 0 Å². The van der Waals surface area contributed by atoms with Crippen LogP contribution in [0.25, 0.3) is 0 Å². The molecule has 0 radical (unpaired) electrons. The molecule has 2 atom stereocenters. The molecule has 1 saturated heterocycles. The fourth-order valence-corrected chi connectivity index (χ4v) is 4.23. The lowest BCUT2D eigenvalue weighted by Crippen LogP contribution is -2.42. The molecule has 1 fully saturated rings. The number of morpholine rings is 1. The SMILES string of the molecule is Nc1ccc(Cl)c(C2NC(=O)C(CCN3CCOCC3)c3ccccc32)c1. The highest BCUT2D eigenvalue weighted by atomic mass is 35.5. The molecule has 0 spiro atoms. The van der Waals surface area contributed by atoms with Crippen LogP contribution >= 0.6 is 11.6 Å². The van der Waals surface area contributed by atoms with E-state index in [2.05, 4.69) is 22.3 Å². The number of nitrogens with one attached hydrogen (secondary N) is 1. The van der Waals surface area contributed by atoms with E-state index in [-0.39, 0.29) is 17.9 Å². The number of carbonyl (C=O) groups is 1. The molecule has 0 bridgehead atoms. The zero-order valence-electron chi connectivity index (χ0n) is 15.2. The number of benzene rings is 2. The summed E-state index contributed by atoms with van der Waals surface area (Å²) in [6.07, 6.45) is 0.792. The monoisotopic (exact) mass is 385 g/mol. The minimum atomic E-state index is -0.274. The Bertz CT molecular complexity index is 836. The molecule has 3 N–H and O–H groups in total. The van der Waals surface area contributed by atoms with E-state index >= 15 is 0 Å². The highest BCUT2D eigenvalue weighted by molar-refractivity contribution is 6.31. The first-order valence-electron chi connectivity index (χ1n) is 9.37. The molecule has 5 nitrogen and oxygen atoms in total. The van der Waals surface area contributed by atoms with Gasteiger partial charge in [-0.25, -0.2) is 0 Å². The van der Waals surface area contributed by atoms with E-state index in [4.69, 9.17) is 22.1 Å². The largest absolute Gasteiger partial charge is 0.399 e. The first-order chi connectivity index (χ1) is 13.1. The van der Waals surface area contributed by atoms with Gasteiger partial charge in [0.1, 0.15) is 0 Å². The number of nitrogen functional groups attached to an aromatic ring is 1. The summed E-state index contributed by atoms with van der Waals surface area (Å²) >= 11 is 6.42. The number of hydrogen-bond donors (Lipinski definition) is 2. The standard InChI is InChI=1S/C21H24ClN3O2/c22-19-6-5-14(23)13-18(19)20-16-4-2-1-3-15(16)17(21(26)24-20)7-8-25-9-11-27-12-10-25/h1-6,13,17,20H,7-12,23H2,(H,24,26). The number of hydrogen-bond acceptors (Lipinski definition) is 4. The molecule has 142 valence electrons. The van der Waals surface area contributed by atoms with Crippen molar-refractivity contribution >= 4 is 23.2 Å². The predicted molar refractivity (Wildman–Crippen MR) is 107 cm³/mol. The summed E-state index contributed by atoms with van der Waals surface area (Å²) in [6.45, 7) is 4.28. The van der Waals surface area contributed by atoms with Gasteiger partial charge in [-0.2, -0.15) is 0 Å². The van der Waals surface area contributed by atoms with Gasteiger partial charge in [-0.1, -0.05) is 35.9 Å². The van der Waals surface area contributed by atoms with Crippen molar-refractivity contribution in [1.82, 2.24) is 10.2 Å². The van der Waals surface area contributed by atoms with Crippen molar-refractivity contribution in [3.63, 3.8) is 0 Å². The zero-order chi connectivity index (χ0) is 18.8. The number of halogens is 1. The molecule has 4 rings (SSSR count). The molecule has 1 amide bonds. The topological polar surface area (TPSA) is 67.6 Å². The van der Waals surface area contributed by atoms with Crippen LogP contribution < -0.4 is 11.1 Å². The average Bonchev–Trinajstić information content (AvgIpc) is 2.69. The second-order valence-electron chi connectivity index (χ2n) is 7.15. The number of nitrogens with zero attached hydrogens (tertiary/aromatic N) is 1. The number of ether oxygens (including phenoxy) is 1. The third kappa shape index (κ3) is 3.81. The van der Waals surface area contributed by atoms with Crippen LogP contribution in [0.3, 0.4) is 0 Å². The predicted octanol–water partition coefficient (Wildman–Crippen LogP) is 2.95. The minimum absolute atomic E-state index is 0.0467. The van der Waals surface area contributed by atoms with Crippen LogP contribution in [-0.2, 0) is 9.53 Å². The first kappa shape index (κ1) is 18.3. The Labute approximate surface area is 164 Å². The summed E-state index contributed by atoms with van der Waals surface area (Å²) in [6, 6.07) is 13.3. The van der Waals surface area contributed by atoms with Gasteiger partial charge < -0.3 is 15.8 Å². The molecule has 2 aromatic rings. The average molecular weight is 386 g/mol. The maximum Gasteiger partial charge on any atom is 0.228 e. The summed E-state index contributed by atoms with van der Waals surface area (Å²) in [4.78, 5) is 15.3. The molecule has 2 aliphatic heterocycles. The number of amides is 1. The van der Waals surface area contributed by atoms with E-state index in [1.807, 2.05) is 18.2 Å². The second kappa shape index (κ2) is 7.89. The summed E-state index contributed by atoms with van der Waals surface area (Å²) in [5.74, 6) is -0.106. The van der Waals surface area contributed by atoms with Gasteiger partial charge in [0, 0.05) is 23.8 Å². The number of nitrogens with two attached hydrogens (primary N) is 1. The number of rotatable bonds is 4. The van der Waals surface area contributed by atoms with Gasteiger partial charge in [-0.3, -0.25) is 9.69 Å². The van der Waals surface area contributed by atoms with Gasteiger partial charge in [0.25, 0.3) is 0 Å². The zero-order valence-corrected chi connectivity index (χ0v) is 15.9. The van der Waals surface area contributed by atoms with Crippen LogP contribution in [0.15, 0.2) is 42.5 Å². The summed E-state index contributed by atoms with van der Waals surface area (Å²) in [7, 11) is 0. The van der Waals surface area contributed by atoms with Crippen molar-refractivity contribution in [1.29, 1.82) is 0 Å². The Balaban J connectivity index is 1.62. The van der Waals surface area contributed by atoms with Crippen LogP contribution in [0.1, 0.15) is 35.1 Å². The third-order valence-corrected chi connectivity index (χ3v) is 5.80. The van der Waals surface area contributed by atoms with Gasteiger partial charge in [-0.15, -0.1) is 0 Å². The molecule has 2 unspecified atom stereocenters. The maximum atomic E-state index is 13.0. The Morgan fingerprint density at radius 3 is 2.63 bits per heavy atom. The van der Waals surface area contributed by atoms with Crippen LogP contribution in [-0.4, -0.2) is 43.7 Å². The lowest BCUT2D eigenvalue weighted by Gasteiger charge is -2.34. The summed E-state index contributed by atoms with van der Waals surface area (Å²) in [5.41, 5.74) is 9.61. The highest BCUT2D eigenvalue weighted by Gasteiger charge is 2.34. The van der Waals surface area contributed by atoms with Crippen molar-refractivity contribution in [3.8, 4) is 0 Å². The van der Waals surface area contributed by atoms with Crippen molar-refractivity contribution < 1.29 is 9.53 Å². The Hall–Kier alpha value is -2.08. The van der Waals surface area contributed by atoms with Gasteiger partial charge in [-0.05, 0) is 47.9 Å². The van der Waals surface area contributed by atoms with E-state index in [0.717, 1.165) is 56.0 Å². The van der Waals surface area contributed by atoms with Crippen molar-refractivity contribution in [2.45, 2.75) is 18.4 Å². The molecule has 2 aromatic carbocycles. The molecule has 27 heavy (non-hydrogen) atoms. The van der Waals surface area contributed by atoms with Crippen LogP contribution in [0, 0.1) is 0 Å². The van der Waals surface area contributed by atoms with Gasteiger partial charge in [0.15, 0.2) is 0 Å². The smallest absolute Gasteiger partial charge is 0.228 e. The number of anilines is 1. The fourth-order valence-electron chi connectivity index (χ4n) is 4.00. The van der Waals surface area contributed by atoms with Crippen LogP contribution in [0.4, 0.5) is 5.69 Å². The van der Waals surface area contributed by atoms with Crippen molar-refractivity contribution in [2.75, 3.05) is 38.6 Å².